The van der Waals surface area contributed by atoms with Crippen molar-refractivity contribution in [3.63, 3.8) is 0 Å². The lowest BCUT2D eigenvalue weighted by Crippen LogP contribution is -2.06. The Morgan fingerprint density at radius 1 is 1.24 bits per heavy atom. The summed E-state index contributed by atoms with van der Waals surface area (Å²) in [6.45, 7) is 4.20. The van der Waals surface area contributed by atoms with Crippen LogP contribution in [0.25, 0.3) is 5.57 Å². The molecule has 0 bridgehead atoms. The molecule has 0 spiro atoms. The van der Waals surface area contributed by atoms with Crippen LogP contribution in [0.2, 0.25) is 5.02 Å². The van der Waals surface area contributed by atoms with Crippen molar-refractivity contribution in [1.82, 2.24) is 0 Å². The van der Waals surface area contributed by atoms with Crippen molar-refractivity contribution in [1.29, 1.82) is 0 Å². The van der Waals surface area contributed by atoms with Crippen LogP contribution in [-0.4, -0.2) is 0 Å². The van der Waals surface area contributed by atoms with E-state index in [1.165, 1.54) is 37.7 Å². The highest BCUT2D eigenvalue weighted by atomic mass is 35.5. The molecule has 1 aromatic carbocycles. The zero-order valence-electron chi connectivity index (χ0n) is 13.2. The monoisotopic (exact) mass is 308 g/mol. The van der Waals surface area contributed by atoms with Gasteiger partial charge in [0.15, 0.2) is 0 Å². The molecule has 0 saturated carbocycles. The van der Waals surface area contributed by atoms with Gasteiger partial charge in [-0.15, -0.1) is 0 Å². The van der Waals surface area contributed by atoms with E-state index in [2.05, 4.69) is 13.0 Å². The summed E-state index contributed by atoms with van der Waals surface area (Å²) < 4.78 is 14.1. The van der Waals surface area contributed by atoms with E-state index in [1.807, 2.05) is 19.1 Å². The van der Waals surface area contributed by atoms with Gasteiger partial charge >= 0.3 is 0 Å². The standard InChI is InChI=1S/C19H26ClF/c1-3-5-6-7-14-8-10-16(11-9-14)17-13-12-15(4-2)19(21)18(17)20/h10,12-14H,3-9,11H2,1-2H3. The summed E-state index contributed by atoms with van der Waals surface area (Å²) in [5.74, 6) is 0.571. The third-order valence-corrected chi connectivity index (χ3v) is 4.99. The minimum atomic E-state index is -0.234. The van der Waals surface area contributed by atoms with Gasteiger partial charge in [-0.05, 0) is 48.3 Å². The van der Waals surface area contributed by atoms with E-state index in [0.29, 0.717) is 17.0 Å². The molecule has 0 N–H and O–H groups in total. The van der Waals surface area contributed by atoms with Gasteiger partial charge < -0.3 is 0 Å². The minimum absolute atomic E-state index is 0.234. The highest BCUT2D eigenvalue weighted by molar-refractivity contribution is 6.32. The fraction of sp³-hybridized carbons (Fsp3) is 0.579. The fourth-order valence-corrected chi connectivity index (χ4v) is 3.49. The first-order valence-electron chi connectivity index (χ1n) is 8.33. The molecule has 0 saturated heterocycles. The Bertz CT molecular complexity index is 505. The third kappa shape index (κ3) is 4.10. The molecule has 0 amide bonds. The van der Waals surface area contributed by atoms with Crippen LogP contribution < -0.4 is 0 Å². The second-order valence-corrected chi connectivity index (χ2v) is 6.50. The van der Waals surface area contributed by atoms with E-state index < -0.39 is 0 Å². The molecule has 1 unspecified atom stereocenters. The number of allylic oxidation sites excluding steroid dienone is 2. The van der Waals surface area contributed by atoms with E-state index in [1.54, 1.807) is 0 Å². The molecule has 116 valence electrons. The van der Waals surface area contributed by atoms with Crippen LogP contribution >= 0.6 is 11.6 Å². The van der Waals surface area contributed by atoms with Gasteiger partial charge in [-0.25, -0.2) is 4.39 Å². The molecule has 21 heavy (non-hydrogen) atoms. The first-order valence-corrected chi connectivity index (χ1v) is 8.71. The largest absolute Gasteiger partial charge is 0.205 e. The summed E-state index contributed by atoms with van der Waals surface area (Å²) in [6, 6.07) is 3.87. The van der Waals surface area contributed by atoms with Crippen molar-refractivity contribution in [2.24, 2.45) is 5.92 Å². The Kier molecular flexibility index (Phi) is 6.29. The van der Waals surface area contributed by atoms with Crippen LogP contribution in [0, 0.1) is 11.7 Å². The SMILES string of the molecule is CCCCCC1CC=C(c2ccc(CC)c(F)c2Cl)CC1. The molecule has 2 rings (SSSR count). The van der Waals surface area contributed by atoms with Crippen molar-refractivity contribution in [2.45, 2.75) is 65.2 Å². The Balaban J connectivity index is 2.05. The van der Waals surface area contributed by atoms with Gasteiger partial charge in [0.1, 0.15) is 5.82 Å². The molecular weight excluding hydrogens is 283 g/mol. The Morgan fingerprint density at radius 2 is 2.05 bits per heavy atom. The average Bonchev–Trinajstić information content (AvgIpc) is 2.51. The number of rotatable bonds is 6. The van der Waals surface area contributed by atoms with Gasteiger partial charge in [0, 0.05) is 0 Å². The first kappa shape index (κ1) is 16.5. The van der Waals surface area contributed by atoms with Crippen molar-refractivity contribution in [3.8, 4) is 0 Å². The lowest BCUT2D eigenvalue weighted by molar-refractivity contribution is 0.428. The second-order valence-electron chi connectivity index (χ2n) is 6.12. The van der Waals surface area contributed by atoms with Crippen LogP contribution in [-0.2, 0) is 6.42 Å². The zero-order valence-corrected chi connectivity index (χ0v) is 14.0. The lowest BCUT2D eigenvalue weighted by Gasteiger charge is -2.23. The molecule has 0 fully saturated rings. The van der Waals surface area contributed by atoms with E-state index >= 15 is 0 Å². The van der Waals surface area contributed by atoms with E-state index in [0.717, 1.165) is 24.3 Å². The van der Waals surface area contributed by atoms with Gasteiger partial charge in [-0.2, -0.15) is 0 Å². The van der Waals surface area contributed by atoms with Crippen LogP contribution in [0.5, 0.6) is 0 Å². The summed E-state index contributed by atoms with van der Waals surface area (Å²) in [6.07, 6.45) is 11.6. The summed E-state index contributed by atoms with van der Waals surface area (Å²) in [4.78, 5) is 0. The number of aryl methyl sites for hydroxylation is 1. The number of benzene rings is 1. The van der Waals surface area contributed by atoms with Gasteiger partial charge in [-0.3, -0.25) is 0 Å². The average molecular weight is 309 g/mol. The van der Waals surface area contributed by atoms with Gasteiger partial charge in [-0.1, -0.05) is 69.3 Å². The Morgan fingerprint density at radius 3 is 2.67 bits per heavy atom. The first-order chi connectivity index (χ1) is 10.2. The smallest absolute Gasteiger partial charge is 0.145 e. The maximum Gasteiger partial charge on any atom is 0.145 e. The minimum Gasteiger partial charge on any atom is -0.205 e. The third-order valence-electron chi connectivity index (χ3n) is 4.62. The summed E-state index contributed by atoms with van der Waals surface area (Å²) in [5, 5.41) is 0.310. The highest BCUT2D eigenvalue weighted by Crippen LogP contribution is 2.37. The van der Waals surface area contributed by atoms with Crippen molar-refractivity contribution in [2.75, 3.05) is 0 Å². The maximum atomic E-state index is 14.1. The molecule has 0 aromatic heterocycles. The molecule has 0 aliphatic heterocycles. The van der Waals surface area contributed by atoms with Crippen LogP contribution in [0.4, 0.5) is 4.39 Å². The van der Waals surface area contributed by atoms with Crippen LogP contribution in [0.15, 0.2) is 18.2 Å². The predicted octanol–water partition coefficient (Wildman–Crippen LogP) is 6.81. The normalized spacial score (nSPS) is 18.7. The molecule has 1 aliphatic rings. The van der Waals surface area contributed by atoms with Crippen LogP contribution in [0.1, 0.15) is 69.9 Å². The number of halogens is 2. The second kappa shape index (κ2) is 7.98. The van der Waals surface area contributed by atoms with Gasteiger partial charge in [0.25, 0.3) is 0 Å². The molecule has 2 heteroatoms. The quantitative estimate of drug-likeness (QED) is 0.507. The molecule has 0 nitrogen and oxygen atoms in total. The highest BCUT2D eigenvalue weighted by Gasteiger charge is 2.19. The predicted molar refractivity (Wildman–Crippen MR) is 90.2 cm³/mol. The summed E-state index contributed by atoms with van der Waals surface area (Å²) >= 11 is 6.23. The topological polar surface area (TPSA) is 0 Å². The summed E-state index contributed by atoms with van der Waals surface area (Å²) in [7, 11) is 0. The van der Waals surface area contributed by atoms with Crippen molar-refractivity contribution in [3.05, 3.63) is 40.2 Å². The van der Waals surface area contributed by atoms with Crippen molar-refractivity contribution >= 4 is 17.2 Å². The molecule has 0 radical (unpaired) electrons. The molecule has 0 heterocycles. The number of hydrogen-bond donors (Lipinski definition) is 0. The maximum absolute atomic E-state index is 14.1. The van der Waals surface area contributed by atoms with Gasteiger partial charge in [0.2, 0.25) is 0 Å². The number of hydrogen-bond acceptors (Lipinski definition) is 0. The van der Waals surface area contributed by atoms with Gasteiger partial charge in [0.05, 0.1) is 5.02 Å². The van der Waals surface area contributed by atoms with Crippen molar-refractivity contribution < 1.29 is 4.39 Å². The molecular formula is C19H26ClF. The zero-order chi connectivity index (χ0) is 15.2. The van der Waals surface area contributed by atoms with Crippen LogP contribution in [0.3, 0.4) is 0 Å². The van der Waals surface area contributed by atoms with E-state index in [9.17, 15) is 4.39 Å². The molecule has 1 atom stereocenters. The molecule has 1 aromatic rings. The summed E-state index contributed by atoms with van der Waals surface area (Å²) in [5.41, 5.74) is 2.84. The lowest BCUT2D eigenvalue weighted by atomic mass is 9.83. The number of unbranched alkanes of at least 4 members (excludes halogenated alkanes) is 2. The van der Waals surface area contributed by atoms with E-state index in [-0.39, 0.29) is 5.82 Å². The Hall–Kier alpha value is -0.820. The molecule has 1 aliphatic carbocycles. The fourth-order valence-electron chi connectivity index (χ4n) is 3.19. The van der Waals surface area contributed by atoms with E-state index in [4.69, 9.17) is 11.6 Å². The Labute approximate surface area is 133 Å².